The van der Waals surface area contributed by atoms with Crippen LogP contribution >= 0.6 is 38.6 Å². The Morgan fingerprint density at radius 1 is 1.56 bits per heavy atom. The molecule has 0 bridgehead atoms. The molecule has 0 aromatic carbocycles. The summed E-state index contributed by atoms with van der Waals surface area (Å²) < 4.78 is 0.970. The van der Waals surface area contributed by atoms with Gasteiger partial charge in [0.2, 0.25) is 0 Å². The van der Waals surface area contributed by atoms with Crippen LogP contribution in [0.15, 0.2) is 26.8 Å². The van der Waals surface area contributed by atoms with Gasteiger partial charge in [-0.05, 0) is 28.1 Å². The largest absolute Gasteiger partial charge is 0.335 e. The smallest absolute Gasteiger partial charge is 0.264 e. The number of hydrogen-bond acceptors (Lipinski definition) is 4. The molecule has 0 atom stereocenters. The molecule has 16 heavy (non-hydrogen) atoms. The molecule has 0 spiro atoms. The summed E-state index contributed by atoms with van der Waals surface area (Å²) in [5, 5.41) is 1.95. The summed E-state index contributed by atoms with van der Waals surface area (Å²) in [5.74, 6) is 0.0312. The summed E-state index contributed by atoms with van der Waals surface area (Å²) in [6, 6.07) is 3.71. The van der Waals surface area contributed by atoms with Crippen molar-refractivity contribution in [2.24, 2.45) is 0 Å². The summed E-state index contributed by atoms with van der Waals surface area (Å²) in [7, 11) is 1.79. The molecule has 0 fully saturated rings. The predicted octanol–water partition coefficient (Wildman–Crippen LogP) is 3.24. The zero-order chi connectivity index (χ0) is 11.5. The predicted molar refractivity (Wildman–Crippen MR) is 69.9 cm³/mol. The summed E-state index contributed by atoms with van der Waals surface area (Å²) in [5.41, 5.74) is 2.70. The monoisotopic (exact) mass is 316 g/mol. The van der Waals surface area contributed by atoms with Gasteiger partial charge in [-0.15, -0.1) is 22.7 Å². The van der Waals surface area contributed by atoms with E-state index in [1.54, 1.807) is 17.5 Å². The number of halogens is 1. The van der Waals surface area contributed by atoms with Crippen molar-refractivity contribution >= 4 is 44.5 Å². The van der Waals surface area contributed by atoms with Gasteiger partial charge in [-0.25, -0.2) is 4.98 Å². The van der Waals surface area contributed by atoms with E-state index < -0.39 is 0 Å². The van der Waals surface area contributed by atoms with Crippen molar-refractivity contribution in [2.75, 3.05) is 7.05 Å². The van der Waals surface area contributed by atoms with Crippen molar-refractivity contribution in [2.45, 2.75) is 6.54 Å². The number of carbonyl (C=O) groups excluding carboxylic acids is 1. The fourth-order valence-electron chi connectivity index (χ4n) is 1.25. The second-order valence-electron chi connectivity index (χ2n) is 3.24. The van der Waals surface area contributed by atoms with E-state index in [2.05, 4.69) is 20.9 Å². The Morgan fingerprint density at radius 3 is 2.94 bits per heavy atom. The lowest BCUT2D eigenvalue weighted by molar-refractivity contribution is 0.0788. The van der Waals surface area contributed by atoms with Crippen LogP contribution in [0.5, 0.6) is 0 Å². The van der Waals surface area contributed by atoms with E-state index in [-0.39, 0.29) is 5.91 Å². The third-order valence-corrected chi connectivity index (χ3v) is 4.26. The highest BCUT2D eigenvalue weighted by molar-refractivity contribution is 9.11. The topological polar surface area (TPSA) is 33.2 Å². The molecule has 0 radical (unpaired) electrons. The van der Waals surface area contributed by atoms with E-state index in [4.69, 9.17) is 0 Å². The van der Waals surface area contributed by atoms with Crippen molar-refractivity contribution in [3.05, 3.63) is 37.4 Å². The third-order valence-electron chi connectivity index (χ3n) is 2.01. The Kier molecular flexibility index (Phi) is 3.73. The molecule has 3 nitrogen and oxygen atoms in total. The molecule has 2 rings (SSSR count). The lowest BCUT2D eigenvalue weighted by atomic mass is 10.4. The van der Waals surface area contributed by atoms with Crippen LogP contribution in [0.25, 0.3) is 0 Å². The van der Waals surface area contributed by atoms with Gasteiger partial charge in [0.1, 0.15) is 0 Å². The van der Waals surface area contributed by atoms with Crippen LogP contribution in [-0.4, -0.2) is 22.8 Å². The van der Waals surface area contributed by atoms with Crippen LogP contribution in [0.1, 0.15) is 15.4 Å². The average Bonchev–Trinajstić information content (AvgIpc) is 2.88. The Hall–Kier alpha value is -0.720. The zero-order valence-corrected chi connectivity index (χ0v) is 11.7. The van der Waals surface area contributed by atoms with Crippen molar-refractivity contribution in [1.29, 1.82) is 0 Å². The molecule has 2 aromatic heterocycles. The number of nitrogens with zero attached hydrogens (tertiary/aromatic N) is 2. The van der Waals surface area contributed by atoms with Gasteiger partial charge in [0.05, 0.1) is 26.4 Å². The van der Waals surface area contributed by atoms with E-state index in [0.29, 0.717) is 6.54 Å². The van der Waals surface area contributed by atoms with Crippen LogP contribution in [0.3, 0.4) is 0 Å². The van der Waals surface area contributed by atoms with Crippen molar-refractivity contribution in [1.82, 2.24) is 9.88 Å². The van der Waals surface area contributed by atoms with Crippen LogP contribution < -0.4 is 0 Å². The Labute approximate surface area is 110 Å². The third kappa shape index (κ3) is 2.69. The van der Waals surface area contributed by atoms with E-state index >= 15 is 0 Å². The molecule has 1 amide bonds. The molecule has 0 unspecified atom stereocenters. The first kappa shape index (κ1) is 11.8. The molecule has 0 aliphatic carbocycles. The molecule has 2 heterocycles. The summed E-state index contributed by atoms with van der Waals surface area (Å²) in [6.07, 6.45) is 0. The first-order valence-electron chi connectivity index (χ1n) is 4.54. The van der Waals surface area contributed by atoms with Crippen molar-refractivity contribution < 1.29 is 4.79 Å². The molecule has 0 saturated carbocycles. The Balaban J connectivity index is 2.05. The summed E-state index contributed by atoms with van der Waals surface area (Å²) in [4.78, 5) is 18.5. The SMILES string of the molecule is CN(Cc1cscn1)C(=O)c1ccc(Br)s1. The van der Waals surface area contributed by atoms with Gasteiger partial charge in [0.25, 0.3) is 5.91 Å². The maximum Gasteiger partial charge on any atom is 0.264 e. The average molecular weight is 317 g/mol. The zero-order valence-electron chi connectivity index (χ0n) is 8.51. The van der Waals surface area contributed by atoms with Crippen LogP contribution in [-0.2, 0) is 6.54 Å². The maximum atomic E-state index is 12.0. The summed E-state index contributed by atoms with van der Waals surface area (Å²) in [6.45, 7) is 0.553. The number of thiophene rings is 1. The lowest BCUT2D eigenvalue weighted by Crippen LogP contribution is -2.25. The fourth-order valence-corrected chi connectivity index (χ4v) is 3.18. The van der Waals surface area contributed by atoms with Crippen LogP contribution in [0, 0.1) is 0 Å². The number of thiazole rings is 1. The number of amides is 1. The second kappa shape index (κ2) is 5.07. The highest BCUT2D eigenvalue weighted by Gasteiger charge is 2.14. The highest BCUT2D eigenvalue weighted by Crippen LogP contribution is 2.23. The molecule has 2 aromatic rings. The van der Waals surface area contributed by atoms with Crippen LogP contribution in [0.4, 0.5) is 0 Å². The molecular weight excluding hydrogens is 308 g/mol. The normalized spacial score (nSPS) is 10.4. The molecule has 6 heteroatoms. The molecule has 0 saturated heterocycles. The van der Waals surface area contributed by atoms with Gasteiger partial charge in [-0.1, -0.05) is 0 Å². The molecule has 0 N–H and O–H groups in total. The van der Waals surface area contributed by atoms with Gasteiger partial charge in [0.15, 0.2) is 0 Å². The molecular formula is C10H9BrN2OS2. The van der Waals surface area contributed by atoms with Gasteiger partial charge in [-0.2, -0.15) is 0 Å². The fraction of sp³-hybridized carbons (Fsp3) is 0.200. The van der Waals surface area contributed by atoms with Crippen molar-refractivity contribution in [3.8, 4) is 0 Å². The van der Waals surface area contributed by atoms with Crippen molar-refractivity contribution in [3.63, 3.8) is 0 Å². The minimum Gasteiger partial charge on any atom is -0.335 e. The molecule has 0 aliphatic rings. The highest BCUT2D eigenvalue weighted by atomic mass is 79.9. The van der Waals surface area contributed by atoms with Gasteiger partial charge in [0, 0.05) is 12.4 Å². The van der Waals surface area contributed by atoms with E-state index in [1.807, 2.05) is 17.5 Å². The summed E-state index contributed by atoms with van der Waals surface area (Å²) >= 11 is 6.33. The number of carbonyl (C=O) groups is 1. The lowest BCUT2D eigenvalue weighted by Gasteiger charge is -2.14. The Bertz CT molecular complexity index is 481. The standard InChI is InChI=1S/C10H9BrN2OS2/c1-13(4-7-5-15-6-12-7)10(14)8-2-3-9(11)16-8/h2-3,5-6H,4H2,1H3. The quantitative estimate of drug-likeness (QED) is 0.871. The minimum absolute atomic E-state index is 0.0312. The number of hydrogen-bond donors (Lipinski definition) is 0. The van der Waals surface area contributed by atoms with Gasteiger partial charge >= 0.3 is 0 Å². The second-order valence-corrected chi connectivity index (χ2v) is 6.43. The van der Waals surface area contributed by atoms with Gasteiger partial charge in [-0.3, -0.25) is 4.79 Å². The number of aromatic nitrogens is 1. The minimum atomic E-state index is 0.0312. The molecule has 0 aliphatic heterocycles. The van der Waals surface area contributed by atoms with E-state index in [0.717, 1.165) is 14.4 Å². The number of rotatable bonds is 3. The maximum absolute atomic E-state index is 12.0. The Morgan fingerprint density at radius 2 is 2.38 bits per heavy atom. The van der Waals surface area contributed by atoms with Crippen LogP contribution in [0.2, 0.25) is 0 Å². The first-order chi connectivity index (χ1) is 7.66. The first-order valence-corrected chi connectivity index (χ1v) is 7.10. The van der Waals surface area contributed by atoms with E-state index in [1.165, 1.54) is 22.7 Å². The van der Waals surface area contributed by atoms with Gasteiger partial charge < -0.3 is 4.90 Å². The van der Waals surface area contributed by atoms with E-state index in [9.17, 15) is 4.79 Å². The molecule has 84 valence electrons.